The van der Waals surface area contributed by atoms with Crippen molar-refractivity contribution in [3.8, 4) is 0 Å². The Morgan fingerprint density at radius 1 is 1.17 bits per heavy atom. The number of sulfone groups is 1. The Morgan fingerprint density at radius 2 is 1.83 bits per heavy atom. The summed E-state index contributed by atoms with van der Waals surface area (Å²) in [7, 11) is -3.91. The van der Waals surface area contributed by atoms with Gasteiger partial charge in [0.15, 0.2) is 9.84 Å². The molecule has 1 aliphatic carbocycles. The highest BCUT2D eigenvalue weighted by molar-refractivity contribution is 7.92. The van der Waals surface area contributed by atoms with E-state index in [4.69, 9.17) is 0 Å². The maximum Gasteiger partial charge on any atom is 0.392 e. The van der Waals surface area contributed by atoms with Gasteiger partial charge in [0.25, 0.3) is 0 Å². The van der Waals surface area contributed by atoms with E-state index >= 15 is 0 Å². The lowest BCUT2D eigenvalue weighted by molar-refractivity contribution is -0.177. The average molecular weight is 360 g/mol. The minimum Gasteiger partial charge on any atom is -0.299 e. The Balaban J connectivity index is 2.05. The summed E-state index contributed by atoms with van der Waals surface area (Å²) in [5.74, 6) is -3.62. The summed E-state index contributed by atoms with van der Waals surface area (Å²) < 4.78 is 63.7. The zero-order chi connectivity index (χ0) is 17.8. The number of hydrogen-bond acceptors (Lipinski definition) is 3. The number of halogens is 3. The number of rotatable bonds is 7. The largest absolute Gasteiger partial charge is 0.392 e. The van der Waals surface area contributed by atoms with Crippen LogP contribution in [-0.4, -0.2) is 26.1 Å². The fraction of sp³-hybridized carbons (Fsp3) is 0.471. The van der Waals surface area contributed by atoms with Crippen LogP contribution in [0.25, 0.3) is 0 Å². The predicted molar refractivity (Wildman–Crippen MR) is 84.2 cm³/mol. The number of allylic oxidation sites excluding steroid dienone is 2. The summed E-state index contributed by atoms with van der Waals surface area (Å²) in [6, 6.07) is 7.28. The van der Waals surface area contributed by atoms with Crippen LogP contribution < -0.4 is 0 Å². The molecule has 3 nitrogen and oxygen atoms in total. The lowest BCUT2D eigenvalue weighted by atomic mass is 9.93. The number of carbonyl (C=O) groups is 1. The molecule has 0 radical (unpaired) electrons. The summed E-state index contributed by atoms with van der Waals surface area (Å²) in [4.78, 5) is 11.9. The maximum absolute atomic E-state index is 13.2. The molecule has 0 saturated heterocycles. The average Bonchev–Trinajstić information content (AvgIpc) is 2.99. The van der Waals surface area contributed by atoms with E-state index in [1.54, 1.807) is 12.1 Å². The zero-order valence-corrected chi connectivity index (χ0v) is 13.9. The van der Waals surface area contributed by atoms with Gasteiger partial charge in [-0.1, -0.05) is 29.8 Å². The van der Waals surface area contributed by atoms with Crippen molar-refractivity contribution < 1.29 is 26.4 Å². The molecule has 0 bridgehead atoms. The van der Waals surface area contributed by atoms with E-state index in [1.165, 1.54) is 24.3 Å². The third kappa shape index (κ3) is 5.19. The molecular weight excluding hydrogens is 341 g/mol. The molecule has 1 aliphatic rings. The number of carbonyl (C=O) groups excluding carboxylic acids is 1. The number of benzene rings is 1. The molecule has 1 aromatic carbocycles. The van der Waals surface area contributed by atoms with Gasteiger partial charge in [0.1, 0.15) is 11.5 Å². The third-order valence-corrected chi connectivity index (χ3v) is 5.73. The molecule has 0 amide bonds. The van der Waals surface area contributed by atoms with Crippen molar-refractivity contribution in [1.82, 2.24) is 0 Å². The lowest BCUT2D eigenvalue weighted by Gasteiger charge is -2.20. The smallest absolute Gasteiger partial charge is 0.299 e. The van der Waals surface area contributed by atoms with Gasteiger partial charge in [-0.05, 0) is 37.8 Å². The molecule has 2 rings (SSSR count). The molecule has 0 spiro atoms. The summed E-state index contributed by atoms with van der Waals surface area (Å²) in [5.41, 5.74) is 0.705. The molecule has 0 heterocycles. The highest BCUT2D eigenvalue weighted by Crippen LogP contribution is 2.36. The van der Waals surface area contributed by atoms with E-state index in [0.717, 1.165) is 12.8 Å². The minimum atomic E-state index is -4.52. The summed E-state index contributed by atoms with van der Waals surface area (Å²) >= 11 is 0. The molecular formula is C17H19F3O3S. The first kappa shape index (κ1) is 18.7. The van der Waals surface area contributed by atoms with E-state index < -0.39 is 39.9 Å². The highest BCUT2D eigenvalue weighted by Gasteiger charge is 2.41. The van der Waals surface area contributed by atoms with Gasteiger partial charge in [-0.25, -0.2) is 8.42 Å². The second-order valence-corrected chi connectivity index (χ2v) is 8.00. The normalized spacial score (nSPS) is 16.7. The minimum absolute atomic E-state index is 0.0552. The van der Waals surface area contributed by atoms with Gasteiger partial charge in [-0.15, -0.1) is 0 Å². The van der Waals surface area contributed by atoms with E-state index in [0.29, 0.717) is 12.0 Å². The number of hydrogen-bond donors (Lipinski definition) is 0. The van der Waals surface area contributed by atoms with E-state index in [2.05, 4.69) is 0 Å². The van der Waals surface area contributed by atoms with Crippen molar-refractivity contribution in [3.63, 3.8) is 0 Å². The second kappa shape index (κ2) is 7.51. The van der Waals surface area contributed by atoms with Crippen LogP contribution in [-0.2, 0) is 14.6 Å². The quantitative estimate of drug-likeness (QED) is 0.688. The first-order valence-electron chi connectivity index (χ1n) is 7.72. The van der Waals surface area contributed by atoms with Gasteiger partial charge >= 0.3 is 6.18 Å². The Hall–Kier alpha value is -1.63. The van der Waals surface area contributed by atoms with Crippen molar-refractivity contribution >= 4 is 15.6 Å². The molecule has 1 aromatic rings. The van der Waals surface area contributed by atoms with Crippen molar-refractivity contribution in [3.05, 3.63) is 42.0 Å². The van der Waals surface area contributed by atoms with Crippen LogP contribution in [0.15, 0.2) is 46.9 Å². The Morgan fingerprint density at radius 3 is 2.38 bits per heavy atom. The maximum atomic E-state index is 13.2. The summed E-state index contributed by atoms with van der Waals surface area (Å²) in [6.07, 6.45) is -1.55. The van der Waals surface area contributed by atoms with E-state index in [-0.39, 0.29) is 11.3 Å². The molecule has 24 heavy (non-hydrogen) atoms. The molecule has 0 aliphatic heterocycles. The fourth-order valence-electron chi connectivity index (χ4n) is 2.80. The van der Waals surface area contributed by atoms with Gasteiger partial charge in [0.05, 0.1) is 10.8 Å². The standard InChI is InChI=1S/C17H19F3O3S/c18-17(19,20)14(10-13-6-4-5-7-13)11-15(21)12-24(22,23)16-8-2-1-3-9-16/h1-3,6,8-9,14H,4-5,7,10-12H2/t14-/m1/s1. The van der Waals surface area contributed by atoms with Gasteiger partial charge in [-0.2, -0.15) is 13.2 Å². The van der Waals surface area contributed by atoms with Crippen molar-refractivity contribution in [2.24, 2.45) is 5.92 Å². The zero-order valence-electron chi connectivity index (χ0n) is 13.1. The molecule has 1 atom stereocenters. The van der Waals surface area contributed by atoms with Crippen LogP contribution in [0.4, 0.5) is 13.2 Å². The Kier molecular flexibility index (Phi) is 5.85. The monoisotopic (exact) mass is 360 g/mol. The van der Waals surface area contributed by atoms with Gasteiger partial charge in [0, 0.05) is 6.42 Å². The van der Waals surface area contributed by atoms with Crippen LogP contribution in [0.5, 0.6) is 0 Å². The number of alkyl halides is 3. The van der Waals surface area contributed by atoms with Crippen LogP contribution in [0, 0.1) is 5.92 Å². The molecule has 0 unspecified atom stereocenters. The topological polar surface area (TPSA) is 51.2 Å². The SMILES string of the molecule is O=C(C[C@@H](CC1=CCCC1)C(F)(F)F)CS(=O)(=O)c1ccccc1. The lowest BCUT2D eigenvalue weighted by Crippen LogP contribution is -2.28. The molecule has 0 aromatic heterocycles. The Bertz CT molecular complexity index is 706. The first-order chi connectivity index (χ1) is 11.2. The Labute approximate surface area is 139 Å². The molecule has 0 saturated carbocycles. The molecule has 132 valence electrons. The molecule has 0 N–H and O–H groups in total. The van der Waals surface area contributed by atoms with Gasteiger partial charge < -0.3 is 0 Å². The second-order valence-electron chi connectivity index (χ2n) is 6.01. The van der Waals surface area contributed by atoms with Crippen molar-refractivity contribution in [2.45, 2.75) is 43.2 Å². The number of ketones is 1. The third-order valence-electron chi connectivity index (χ3n) is 4.03. The van der Waals surface area contributed by atoms with Gasteiger partial charge in [-0.3, -0.25) is 4.79 Å². The van der Waals surface area contributed by atoms with Crippen molar-refractivity contribution in [2.75, 3.05) is 5.75 Å². The summed E-state index contributed by atoms with van der Waals surface area (Å²) in [5, 5.41) is 0. The highest BCUT2D eigenvalue weighted by atomic mass is 32.2. The van der Waals surface area contributed by atoms with E-state index in [9.17, 15) is 26.4 Å². The van der Waals surface area contributed by atoms with Crippen LogP contribution in [0.1, 0.15) is 32.1 Å². The van der Waals surface area contributed by atoms with Crippen LogP contribution >= 0.6 is 0 Å². The van der Waals surface area contributed by atoms with Gasteiger partial charge in [0.2, 0.25) is 0 Å². The van der Waals surface area contributed by atoms with Crippen LogP contribution in [0.2, 0.25) is 0 Å². The fourth-order valence-corrected chi connectivity index (χ4v) is 4.08. The first-order valence-corrected chi connectivity index (χ1v) is 9.38. The molecule has 7 heteroatoms. The summed E-state index contributed by atoms with van der Waals surface area (Å²) in [6.45, 7) is 0. The predicted octanol–water partition coefficient (Wildman–Crippen LogP) is 4.10. The van der Waals surface area contributed by atoms with Crippen molar-refractivity contribution in [1.29, 1.82) is 0 Å². The van der Waals surface area contributed by atoms with E-state index in [1.807, 2.05) is 0 Å². The number of Topliss-reactive ketones (excluding diaryl/α,β-unsaturated/α-hetero) is 1. The van der Waals surface area contributed by atoms with Crippen LogP contribution in [0.3, 0.4) is 0 Å². The molecule has 0 fully saturated rings.